The van der Waals surface area contributed by atoms with Crippen LogP contribution in [0.1, 0.15) is 0 Å². The summed E-state index contributed by atoms with van der Waals surface area (Å²) in [6, 6.07) is 6.09. The first-order valence-corrected chi connectivity index (χ1v) is 7.65. The number of carbonyl (C=O) groups excluding carboxylic acids is 2. The van der Waals surface area contributed by atoms with Crippen molar-refractivity contribution in [3.05, 3.63) is 29.6 Å². The third-order valence-corrected chi connectivity index (χ3v) is 6.05. The van der Waals surface area contributed by atoms with Crippen LogP contribution in [0.2, 0.25) is 0 Å². The summed E-state index contributed by atoms with van der Waals surface area (Å²) in [6.45, 7) is -0.465. The molecule has 98 valence electrons. The summed E-state index contributed by atoms with van der Waals surface area (Å²) >= 11 is 1.04. The van der Waals surface area contributed by atoms with Crippen molar-refractivity contribution >= 4 is 44.1 Å². The van der Waals surface area contributed by atoms with Gasteiger partial charge in [0, 0.05) is 10.8 Å². The molecule has 0 bridgehead atoms. The molecule has 0 aliphatic carbocycles. The lowest BCUT2D eigenvalue weighted by Gasteiger charge is -2.12. The molecule has 1 aliphatic rings. The van der Waals surface area contributed by atoms with Gasteiger partial charge in [-0.3, -0.25) is 10.1 Å². The van der Waals surface area contributed by atoms with Crippen molar-refractivity contribution in [3.63, 3.8) is 0 Å². The number of rotatable bonds is 2. The summed E-state index contributed by atoms with van der Waals surface area (Å²) in [5.41, 5.74) is 0. The van der Waals surface area contributed by atoms with Gasteiger partial charge in [-0.05, 0) is 5.39 Å². The molecule has 1 aromatic heterocycles. The highest BCUT2D eigenvalue weighted by Crippen LogP contribution is 2.32. The van der Waals surface area contributed by atoms with Crippen LogP contribution in [0.4, 0.5) is 4.79 Å². The molecule has 8 heteroatoms. The predicted octanol–water partition coefficient (Wildman–Crippen LogP) is 1.14. The van der Waals surface area contributed by atoms with Crippen molar-refractivity contribution in [2.75, 3.05) is 6.54 Å². The van der Waals surface area contributed by atoms with Gasteiger partial charge in [-0.1, -0.05) is 24.3 Å². The topological polar surface area (TPSA) is 83.6 Å². The Balaban J connectivity index is 2.15. The number of thiophene rings is 1. The lowest BCUT2D eigenvalue weighted by atomic mass is 10.2. The predicted molar refractivity (Wildman–Crippen MR) is 69.3 cm³/mol. The van der Waals surface area contributed by atoms with Crippen molar-refractivity contribution in [3.8, 4) is 0 Å². The van der Waals surface area contributed by atoms with Crippen LogP contribution in [0.25, 0.3) is 10.8 Å². The van der Waals surface area contributed by atoms with Crippen molar-refractivity contribution in [1.29, 1.82) is 0 Å². The zero-order chi connectivity index (χ0) is 13.6. The second-order valence-corrected chi connectivity index (χ2v) is 6.91. The molecule has 0 saturated carbocycles. The molecule has 0 atom stereocenters. The Labute approximate surface area is 112 Å². The lowest BCUT2D eigenvalue weighted by Crippen LogP contribution is -2.33. The van der Waals surface area contributed by atoms with E-state index in [-0.39, 0.29) is 4.21 Å². The van der Waals surface area contributed by atoms with E-state index in [0.29, 0.717) is 9.69 Å². The van der Waals surface area contributed by atoms with E-state index in [1.54, 1.807) is 29.6 Å². The highest BCUT2D eigenvalue weighted by atomic mass is 32.2. The van der Waals surface area contributed by atoms with Crippen molar-refractivity contribution in [2.24, 2.45) is 0 Å². The molecule has 2 aromatic rings. The summed E-state index contributed by atoms with van der Waals surface area (Å²) in [5, 5.41) is 5.01. The molecule has 1 aromatic carbocycles. The SMILES string of the molecule is O=C1CN(S(=O)(=O)c2scc3ccccc23)C(=O)N1. The fraction of sp³-hybridized carbons (Fsp3) is 0.0909. The Morgan fingerprint density at radius 3 is 2.63 bits per heavy atom. The normalized spacial score (nSPS) is 16.1. The molecule has 1 fully saturated rings. The van der Waals surface area contributed by atoms with Gasteiger partial charge in [-0.25, -0.2) is 17.5 Å². The van der Waals surface area contributed by atoms with Crippen LogP contribution in [-0.2, 0) is 14.8 Å². The minimum absolute atomic E-state index is 0.0768. The Hall–Kier alpha value is -1.93. The Bertz CT molecular complexity index is 794. The fourth-order valence-corrected chi connectivity index (χ4v) is 4.75. The highest BCUT2D eigenvalue weighted by molar-refractivity contribution is 7.92. The number of amides is 3. The molecule has 3 amide bonds. The molecule has 3 rings (SSSR count). The Kier molecular flexibility index (Phi) is 2.58. The van der Waals surface area contributed by atoms with Gasteiger partial charge in [-0.2, -0.15) is 0 Å². The van der Waals surface area contributed by atoms with Gasteiger partial charge in [0.15, 0.2) is 0 Å². The summed E-state index contributed by atoms with van der Waals surface area (Å²) in [5.74, 6) is -0.616. The van der Waals surface area contributed by atoms with Crippen LogP contribution in [0, 0.1) is 0 Å². The van der Waals surface area contributed by atoms with Crippen LogP contribution in [0.15, 0.2) is 33.9 Å². The van der Waals surface area contributed by atoms with Crippen LogP contribution in [-0.4, -0.2) is 31.2 Å². The van der Waals surface area contributed by atoms with Gasteiger partial charge < -0.3 is 0 Å². The largest absolute Gasteiger partial charge is 0.338 e. The third-order valence-electron chi connectivity index (χ3n) is 2.76. The Morgan fingerprint density at radius 1 is 1.21 bits per heavy atom. The summed E-state index contributed by atoms with van der Waals surface area (Å²) in [4.78, 5) is 22.6. The summed E-state index contributed by atoms with van der Waals surface area (Å²) in [7, 11) is -3.99. The molecule has 2 heterocycles. The zero-order valence-electron chi connectivity index (χ0n) is 9.49. The molecule has 0 spiro atoms. The van der Waals surface area contributed by atoms with Gasteiger partial charge in [-0.15, -0.1) is 11.3 Å². The van der Waals surface area contributed by atoms with E-state index in [4.69, 9.17) is 0 Å². The Morgan fingerprint density at radius 2 is 1.95 bits per heavy atom. The number of hydrogen-bond donors (Lipinski definition) is 1. The summed E-state index contributed by atoms with van der Waals surface area (Å²) in [6.07, 6.45) is 0. The molecule has 1 aliphatic heterocycles. The maximum absolute atomic E-state index is 12.4. The van der Waals surface area contributed by atoms with E-state index in [0.717, 1.165) is 16.7 Å². The first-order chi connectivity index (χ1) is 9.00. The van der Waals surface area contributed by atoms with Gasteiger partial charge >= 0.3 is 6.03 Å². The smallest absolute Gasteiger partial charge is 0.275 e. The number of benzene rings is 1. The third kappa shape index (κ3) is 1.80. The van der Waals surface area contributed by atoms with Crippen molar-refractivity contribution < 1.29 is 18.0 Å². The average molecular weight is 296 g/mol. The standard InChI is InChI=1S/C11H8N2O4S2/c14-9-5-13(11(15)12-9)19(16,17)10-8-4-2-1-3-7(8)6-18-10/h1-4,6H,5H2,(H,12,14,15). The van der Waals surface area contributed by atoms with E-state index < -0.39 is 28.5 Å². The number of sulfonamides is 1. The quantitative estimate of drug-likeness (QED) is 0.842. The highest BCUT2D eigenvalue weighted by Gasteiger charge is 2.38. The first-order valence-electron chi connectivity index (χ1n) is 5.33. The molecular formula is C11H8N2O4S2. The maximum Gasteiger partial charge on any atom is 0.338 e. The number of nitrogens with one attached hydrogen (secondary N) is 1. The molecule has 1 saturated heterocycles. The van der Waals surface area contributed by atoms with Crippen LogP contribution in [0.5, 0.6) is 0 Å². The van der Waals surface area contributed by atoms with Crippen LogP contribution < -0.4 is 5.32 Å². The molecular weight excluding hydrogens is 288 g/mol. The van der Waals surface area contributed by atoms with Gasteiger partial charge in [0.25, 0.3) is 10.0 Å². The minimum Gasteiger partial charge on any atom is -0.275 e. The number of fused-ring (bicyclic) bond motifs is 1. The van der Waals surface area contributed by atoms with Crippen LogP contribution >= 0.6 is 11.3 Å². The average Bonchev–Trinajstić information content (AvgIpc) is 2.93. The molecule has 19 heavy (non-hydrogen) atoms. The minimum atomic E-state index is -3.99. The van der Waals surface area contributed by atoms with E-state index in [1.807, 2.05) is 5.32 Å². The van der Waals surface area contributed by atoms with Gasteiger partial charge in [0.1, 0.15) is 10.8 Å². The van der Waals surface area contributed by atoms with Crippen LogP contribution in [0.3, 0.4) is 0 Å². The number of urea groups is 1. The summed E-state index contributed by atoms with van der Waals surface area (Å²) < 4.78 is 25.4. The number of carbonyl (C=O) groups is 2. The number of nitrogens with zero attached hydrogens (tertiary/aromatic N) is 1. The van der Waals surface area contributed by atoms with Gasteiger partial charge in [0.05, 0.1) is 0 Å². The number of hydrogen-bond acceptors (Lipinski definition) is 5. The van der Waals surface area contributed by atoms with E-state index in [1.165, 1.54) is 0 Å². The van der Waals surface area contributed by atoms with Gasteiger partial charge in [0.2, 0.25) is 5.91 Å². The lowest BCUT2D eigenvalue weighted by molar-refractivity contribution is -0.118. The number of imide groups is 1. The van der Waals surface area contributed by atoms with E-state index >= 15 is 0 Å². The van der Waals surface area contributed by atoms with Crippen molar-refractivity contribution in [1.82, 2.24) is 9.62 Å². The fourth-order valence-electron chi connectivity index (χ4n) is 1.88. The van der Waals surface area contributed by atoms with E-state index in [9.17, 15) is 18.0 Å². The molecule has 0 unspecified atom stereocenters. The molecule has 6 nitrogen and oxygen atoms in total. The zero-order valence-corrected chi connectivity index (χ0v) is 11.1. The molecule has 0 radical (unpaired) electrons. The molecule has 1 N–H and O–H groups in total. The maximum atomic E-state index is 12.4. The monoisotopic (exact) mass is 296 g/mol. The van der Waals surface area contributed by atoms with E-state index in [2.05, 4.69) is 0 Å². The second kappa shape index (κ2) is 4.04. The van der Waals surface area contributed by atoms with Crippen molar-refractivity contribution in [2.45, 2.75) is 4.21 Å². The first kappa shape index (κ1) is 12.1. The second-order valence-electron chi connectivity index (χ2n) is 3.98.